The lowest BCUT2D eigenvalue weighted by atomic mass is 10.2. The van der Waals surface area contributed by atoms with Crippen LogP contribution >= 0.6 is 0 Å². The van der Waals surface area contributed by atoms with Crippen LogP contribution in [0, 0.1) is 0 Å². The Labute approximate surface area is 125 Å². The van der Waals surface area contributed by atoms with Gasteiger partial charge in [-0.2, -0.15) is 0 Å². The van der Waals surface area contributed by atoms with Crippen molar-refractivity contribution in [2.24, 2.45) is 0 Å². The number of rotatable bonds is 8. The largest absolute Gasteiger partial charge is 0.466 e. The first-order chi connectivity index (χ1) is 9.74. The number of hydrogen-bond donors (Lipinski definition) is 2. The van der Waals surface area contributed by atoms with Crippen molar-refractivity contribution in [3.8, 4) is 0 Å². The summed E-state index contributed by atoms with van der Waals surface area (Å²) in [5.74, 6) is -0.584. The number of alkyl carbamates (subject to hydrolysis) is 1. The van der Waals surface area contributed by atoms with Gasteiger partial charge in [0, 0.05) is 19.5 Å². The quantitative estimate of drug-likeness (QED) is 0.521. The highest BCUT2D eigenvalue weighted by Gasteiger charge is 2.15. The monoisotopic (exact) mass is 302 g/mol. The van der Waals surface area contributed by atoms with Crippen LogP contribution in [0.4, 0.5) is 4.79 Å². The summed E-state index contributed by atoms with van der Waals surface area (Å²) in [4.78, 5) is 33.8. The van der Waals surface area contributed by atoms with Gasteiger partial charge in [-0.05, 0) is 34.1 Å². The fourth-order valence-electron chi connectivity index (χ4n) is 1.36. The minimum atomic E-state index is -0.522. The van der Waals surface area contributed by atoms with E-state index in [4.69, 9.17) is 9.47 Å². The molecule has 0 rings (SSSR count). The standard InChI is InChI=1S/C14H26N2O5/c1-5-20-12(18)8-7-11(17)15-9-6-10-16-13(19)21-14(2,3)4/h5-10H2,1-4H3,(H,15,17)(H,16,19). The summed E-state index contributed by atoms with van der Waals surface area (Å²) in [5.41, 5.74) is -0.522. The van der Waals surface area contributed by atoms with Crippen molar-refractivity contribution in [1.82, 2.24) is 10.6 Å². The maximum absolute atomic E-state index is 11.4. The molecule has 7 heteroatoms. The van der Waals surface area contributed by atoms with Crippen molar-refractivity contribution in [2.45, 2.75) is 52.6 Å². The number of carbonyl (C=O) groups is 3. The normalized spacial score (nSPS) is 10.7. The molecule has 0 radical (unpaired) electrons. The van der Waals surface area contributed by atoms with Crippen molar-refractivity contribution in [3.05, 3.63) is 0 Å². The second kappa shape index (κ2) is 10.0. The molecule has 0 aliphatic rings. The lowest BCUT2D eigenvalue weighted by molar-refractivity contribution is -0.144. The molecule has 0 spiro atoms. The molecule has 122 valence electrons. The fraction of sp³-hybridized carbons (Fsp3) is 0.786. The zero-order chi connectivity index (χ0) is 16.3. The van der Waals surface area contributed by atoms with E-state index in [0.717, 1.165) is 0 Å². The molecule has 0 atom stereocenters. The van der Waals surface area contributed by atoms with Crippen LogP contribution in [0.5, 0.6) is 0 Å². The average Bonchev–Trinajstić information content (AvgIpc) is 2.34. The van der Waals surface area contributed by atoms with Gasteiger partial charge >= 0.3 is 12.1 Å². The first kappa shape index (κ1) is 19.2. The van der Waals surface area contributed by atoms with E-state index >= 15 is 0 Å². The summed E-state index contributed by atoms with van der Waals surface area (Å²) in [5, 5.41) is 5.26. The molecule has 0 unspecified atom stereocenters. The third-order valence-electron chi connectivity index (χ3n) is 2.21. The van der Waals surface area contributed by atoms with Gasteiger partial charge in [-0.25, -0.2) is 4.79 Å². The number of esters is 1. The zero-order valence-corrected chi connectivity index (χ0v) is 13.3. The SMILES string of the molecule is CCOC(=O)CCC(=O)NCCCNC(=O)OC(C)(C)C. The molecule has 2 amide bonds. The third kappa shape index (κ3) is 13.0. The maximum atomic E-state index is 11.4. The van der Waals surface area contributed by atoms with Gasteiger partial charge in [0.15, 0.2) is 0 Å². The Kier molecular flexibility index (Phi) is 9.16. The van der Waals surface area contributed by atoms with E-state index < -0.39 is 11.7 Å². The van der Waals surface area contributed by atoms with Crippen LogP contribution in [0.1, 0.15) is 47.0 Å². The van der Waals surface area contributed by atoms with Gasteiger partial charge in [0.2, 0.25) is 5.91 Å². The van der Waals surface area contributed by atoms with Gasteiger partial charge in [0.25, 0.3) is 0 Å². The van der Waals surface area contributed by atoms with Crippen molar-refractivity contribution in [1.29, 1.82) is 0 Å². The smallest absolute Gasteiger partial charge is 0.407 e. The summed E-state index contributed by atoms with van der Waals surface area (Å²) in [6, 6.07) is 0. The molecule has 0 aromatic carbocycles. The van der Waals surface area contributed by atoms with Crippen LogP contribution in [0.3, 0.4) is 0 Å². The number of hydrogen-bond acceptors (Lipinski definition) is 5. The van der Waals surface area contributed by atoms with E-state index in [-0.39, 0.29) is 24.7 Å². The Bertz CT molecular complexity index is 350. The van der Waals surface area contributed by atoms with E-state index in [0.29, 0.717) is 26.1 Å². The summed E-state index contributed by atoms with van der Waals surface area (Å²) in [6.45, 7) is 8.24. The maximum Gasteiger partial charge on any atom is 0.407 e. The third-order valence-corrected chi connectivity index (χ3v) is 2.21. The topological polar surface area (TPSA) is 93.7 Å². The number of amides is 2. The Balaban J connectivity index is 3.56. The Morgan fingerprint density at radius 1 is 1.00 bits per heavy atom. The first-order valence-electron chi connectivity index (χ1n) is 7.13. The van der Waals surface area contributed by atoms with Gasteiger partial charge in [-0.15, -0.1) is 0 Å². The van der Waals surface area contributed by atoms with E-state index in [9.17, 15) is 14.4 Å². The van der Waals surface area contributed by atoms with Crippen LogP contribution in [0.15, 0.2) is 0 Å². The van der Waals surface area contributed by atoms with E-state index in [2.05, 4.69) is 10.6 Å². The Hall–Kier alpha value is -1.79. The molecular weight excluding hydrogens is 276 g/mol. The van der Waals surface area contributed by atoms with Crippen molar-refractivity contribution in [3.63, 3.8) is 0 Å². The minimum Gasteiger partial charge on any atom is -0.466 e. The summed E-state index contributed by atoms with van der Waals surface area (Å²) in [6.07, 6.45) is 0.301. The van der Waals surface area contributed by atoms with Crippen molar-refractivity contribution in [2.75, 3.05) is 19.7 Å². The first-order valence-corrected chi connectivity index (χ1v) is 7.13. The predicted octanol–water partition coefficient (Wildman–Crippen LogP) is 1.36. The lowest BCUT2D eigenvalue weighted by Crippen LogP contribution is -2.34. The zero-order valence-electron chi connectivity index (χ0n) is 13.3. The molecule has 0 heterocycles. The molecule has 21 heavy (non-hydrogen) atoms. The highest BCUT2D eigenvalue weighted by molar-refractivity contribution is 5.81. The van der Waals surface area contributed by atoms with Gasteiger partial charge in [0.1, 0.15) is 5.60 Å². The van der Waals surface area contributed by atoms with Crippen LogP contribution < -0.4 is 10.6 Å². The molecule has 7 nitrogen and oxygen atoms in total. The summed E-state index contributed by atoms with van der Waals surface area (Å²) >= 11 is 0. The second-order valence-electron chi connectivity index (χ2n) is 5.44. The van der Waals surface area contributed by atoms with Gasteiger partial charge in [-0.3, -0.25) is 9.59 Å². The molecule has 0 bridgehead atoms. The number of carbonyl (C=O) groups excluding carboxylic acids is 3. The molecule has 2 N–H and O–H groups in total. The molecule has 0 saturated carbocycles. The summed E-state index contributed by atoms with van der Waals surface area (Å²) < 4.78 is 9.79. The molecule has 0 aliphatic carbocycles. The fourth-order valence-corrected chi connectivity index (χ4v) is 1.36. The van der Waals surface area contributed by atoms with Gasteiger partial charge in [-0.1, -0.05) is 0 Å². The second-order valence-corrected chi connectivity index (χ2v) is 5.44. The molecular formula is C14H26N2O5. The molecule has 0 saturated heterocycles. The Morgan fingerprint density at radius 2 is 1.62 bits per heavy atom. The molecule has 0 aliphatic heterocycles. The van der Waals surface area contributed by atoms with Crippen LogP contribution in [-0.4, -0.2) is 43.3 Å². The van der Waals surface area contributed by atoms with Crippen molar-refractivity contribution < 1.29 is 23.9 Å². The van der Waals surface area contributed by atoms with E-state index in [1.807, 2.05) is 0 Å². The van der Waals surface area contributed by atoms with Crippen LogP contribution in [0.25, 0.3) is 0 Å². The van der Waals surface area contributed by atoms with E-state index in [1.54, 1.807) is 27.7 Å². The molecule has 0 fully saturated rings. The van der Waals surface area contributed by atoms with Gasteiger partial charge < -0.3 is 20.1 Å². The number of ether oxygens (including phenoxy) is 2. The van der Waals surface area contributed by atoms with Gasteiger partial charge in [0.05, 0.1) is 13.0 Å². The minimum absolute atomic E-state index is 0.0792. The highest BCUT2D eigenvalue weighted by atomic mass is 16.6. The average molecular weight is 302 g/mol. The number of nitrogens with one attached hydrogen (secondary N) is 2. The van der Waals surface area contributed by atoms with E-state index in [1.165, 1.54) is 0 Å². The lowest BCUT2D eigenvalue weighted by Gasteiger charge is -2.19. The highest BCUT2D eigenvalue weighted by Crippen LogP contribution is 2.06. The van der Waals surface area contributed by atoms with Crippen LogP contribution in [-0.2, 0) is 19.1 Å². The predicted molar refractivity (Wildman–Crippen MR) is 77.7 cm³/mol. The summed E-state index contributed by atoms with van der Waals surface area (Å²) in [7, 11) is 0. The van der Waals surface area contributed by atoms with Crippen LogP contribution in [0.2, 0.25) is 0 Å². The molecule has 0 aromatic rings. The Morgan fingerprint density at radius 3 is 2.19 bits per heavy atom. The van der Waals surface area contributed by atoms with Crippen molar-refractivity contribution >= 4 is 18.0 Å². The molecule has 0 aromatic heterocycles.